The van der Waals surface area contributed by atoms with Gasteiger partial charge in [-0.15, -0.1) is 0 Å². The van der Waals surface area contributed by atoms with Crippen LogP contribution in [-0.2, 0) is 26.4 Å². The van der Waals surface area contributed by atoms with Crippen LogP contribution in [-0.4, -0.2) is 11.6 Å². The van der Waals surface area contributed by atoms with Crippen molar-refractivity contribution in [3.63, 3.8) is 0 Å². The lowest BCUT2D eigenvalue weighted by molar-refractivity contribution is -0.649. The number of anilines is 1. The molecule has 5 rings (SSSR count). The summed E-state index contributed by atoms with van der Waals surface area (Å²) in [7, 11) is 3.93. The fraction of sp³-hybridized carbons (Fsp3) is 0.364. The second-order valence-electron chi connectivity index (χ2n) is 7.72. The molecule has 0 bridgehead atoms. The third-order valence-corrected chi connectivity index (χ3v) is 7.53. The van der Waals surface area contributed by atoms with E-state index >= 15 is 0 Å². The topological polar surface area (TPSA) is 29.1 Å². The van der Waals surface area contributed by atoms with Crippen LogP contribution in [0.5, 0.6) is 0 Å². The molecule has 0 saturated heterocycles. The molecule has 0 fully saturated rings. The number of hydrogen-bond donors (Lipinski definition) is 0. The van der Waals surface area contributed by atoms with Crippen molar-refractivity contribution in [2.45, 2.75) is 38.6 Å². The van der Waals surface area contributed by atoms with Crippen LogP contribution >= 0.6 is 23.1 Å². The fourth-order valence-corrected chi connectivity index (χ4v) is 6.03. The van der Waals surface area contributed by atoms with Gasteiger partial charge in [-0.3, -0.25) is 4.42 Å². The van der Waals surface area contributed by atoms with Crippen LogP contribution in [0.15, 0.2) is 29.1 Å². The number of fused-ring (bicyclic) bond motifs is 4. The molecule has 0 saturated carbocycles. The Balaban J connectivity index is 1.65. The molecule has 2 aromatic heterocycles. The summed E-state index contributed by atoms with van der Waals surface area (Å²) in [5.41, 5.74) is 4.83. The van der Waals surface area contributed by atoms with Gasteiger partial charge in [-0.1, -0.05) is 23.5 Å². The molecule has 3 heterocycles. The fourth-order valence-electron chi connectivity index (χ4n) is 4.57. The van der Waals surface area contributed by atoms with Gasteiger partial charge in [-0.05, 0) is 55.0 Å². The zero-order chi connectivity index (χ0) is 19.4. The van der Waals surface area contributed by atoms with Gasteiger partial charge in [0.25, 0.3) is 5.82 Å². The summed E-state index contributed by atoms with van der Waals surface area (Å²) in [6.07, 6.45) is 7.70. The van der Waals surface area contributed by atoms with Crippen LogP contribution < -0.4 is 14.5 Å². The predicted octanol–water partition coefficient (Wildman–Crippen LogP) is 4.30. The van der Waals surface area contributed by atoms with Crippen LogP contribution in [0.2, 0.25) is 0 Å². The van der Waals surface area contributed by atoms with E-state index < -0.39 is 0 Å². The number of aryl methyl sites for hydroxylation is 3. The maximum Gasteiger partial charge on any atom is 0.346 e. The van der Waals surface area contributed by atoms with Gasteiger partial charge in [-0.2, -0.15) is 4.57 Å². The average Bonchev–Trinajstić information content (AvgIpc) is 3.29. The Morgan fingerprint density at radius 2 is 1.93 bits per heavy atom. The van der Waals surface area contributed by atoms with Gasteiger partial charge in [0.1, 0.15) is 5.39 Å². The summed E-state index contributed by atoms with van der Waals surface area (Å²) in [5.74, 6) is 1.05. The molecule has 0 atom stereocenters. The summed E-state index contributed by atoms with van der Waals surface area (Å²) in [4.78, 5) is 15.9. The smallest absolute Gasteiger partial charge is 0.288 e. The van der Waals surface area contributed by atoms with Gasteiger partial charge in [0.05, 0.1) is 19.3 Å². The van der Waals surface area contributed by atoms with E-state index in [4.69, 9.17) is 11.8 Å². The molecule has 0 N–H and O–H groups in total. The zero-order valence-corrected chi connectivity index (χ0v) is 17.7. The minimum absolute atomic E-state index is 0.199. The molecule has 144 valence electrons. The molecule has 0 spiro atoms. The Kier molecular flexibility index (Phi) is 4.33. The molecule has 4 nitrogen and oxygen atoms in total. The molecule has 2 aliphatic rings. The number of thiophene rings is 1. The highest BCUT2D eigenvalue weighted by Crippen LogP contribution is 2.35. The van der Waals surface area contributed by atoms with Crippen LogP contribution in [0.4, 0.5) is 5.69 Å². The van der Waals surface area contributed by atoms with E-state index in [1.54, 1.807) is 4.42 Å². The number of hydrogen-bond acceptors (Lipinski definition) is 3. The summed E-state index contributed by atoms with van der Waals surface area (Å²) in [5, 5.41) is 0.974. The average molecular weight is 413 g/mol. The number of nitrogens with zero attached hydrogens (tertiary/aromatic N) is 3. The maximum atomic E-state index is 13.3. The largest absolute Gasteiger partial charge is 0.346 e. The second kappa shape index (κ2) is 6.75. The number of allylic oxidation sites excluding steroid dienone is 1. The highest BCUT2D eigenvalue weighted by atomic mass is 35.5. The molecule has 1 aromatic carbocycles. The first kappa shape index (κ1) is 18.0. The van der Waals surface area contributed by atoms with E-state index in [0.29, 0.717) is 0 Å². The normalized spacial score (nSPS) is 17.2. The van der Waals surface area contributed by atoms with Crippen molar-refractivity contribution in [3.8, 4) is 0 Å². The van der Waals surface area contributed by atoms with Crippen molar-refractivity contribution >= 4 is 50.7 Å². The highest BCUT2D eigenvalue weighted by molar-refractivity contribution is 7.18. The Morgan fingerprint density at radius 3 is 2.68 bits per heavy atom. The minimum atomic E-state index is 0.199. The lowest BCUT2D eigenvalue weighted by atomic mass is 9.97. The van der Waals surface area contributed by atoms with Gasteiger partial charge in [0, 0.05) is 35.7 Å². The first-order chi connectivity index (χ1) is 13.5. The lowest BCUT2D eigenvalue weighted by Crippen LogP contribution is -2.40. The third kappa shape index (κ3) is 2.72. The Hall–Kier alpha value is -2.11. The molecule has 6 heteroatoms. The van der Waals surface area contributed by atoms with Gasteiger partial charge >= 0.3 is 5.56 Å². The summed E-state index contributed by atoms with van der Waals surface area (Å²) < 4.78 is 5.81. The maximum absolute atomic E-state index is 13.3. The van der Waals surface area contributed by atoms with Crippen molar-refractivity contribution < 1.29 is 4.57 Å². The van der Waals surface area contributed by atoms with Crippen molar-refractivity contribution in [1.29, 1.82) is 0 Å². The van der Waals surface area contributed by atoms with E-state index in [1.807, 2.05) is 35.1 Å². The molecule has 1 aliphatic carbocycles. The van der Waals surface area contributed by atoms with Crippen molar-refractivity contribution in [2.24, 2.45) is 7.05 Å². The second-order valence-corrected chi connectivity index (χ2v) is 9.31. The Bertz CT molecular complexity index is 1170. The molecular formula is C22H23ClN3OS+. The molecule has 1 aliphatic heterocycles. The van der Waals surface area contributed by atoms with Gasteiger partial charge < -0.3 is 0 Å². The monoisotopic (exact) mass is 412 g/mol. The molecule has 0 radical (unpaired) electrons. The molecule has 3 aromatic rings. The predicted molar refractivity (Wildman–Crippen MR) is 117 cm³/mol. The molecule has 0 unspecified atom stereocenters. The lowest BCUT2D eigenvalue weighted by Gasteiger charge is -2.09. The van der Waals surface area contributed by atoms with Crippen LogP contribution in [0, 0.1) is 0 Å². The van der Waals surface area contributed by atoms with Crippen LogP contribution in [0.3, 0.4) is 0 Å². The van der Waals surface area contributed by atoms with E-state index in [1.165, 1.54) is 28.9 Å². The number of rotatable bonds is 2. The van der Waals surface area contributed by atoms with Crippen LogP contribution in [0.1, 0.15) is 41.1 Å². The van der Waals surface area contributed by atoms with Crippen molar-refractivity contribution in [2.75, 3.05) is 11.5 Å². The summed E-state index contributed by atoms with van der Waals surface area (Å²) in [6.45, 7) is 0.761. The van der Waals surface area contributed by atoms with Gasteiger partial charge in [0.2, 0.25) is 0 Å². The number of aromatic nitrogens is 2. The Morgan fingerprint density at radius 1 is 1.18 bits per heavy atom. The van der Waals surface area contributed by atoms with E-state index in [-0.39, 0.29) is 5.56 Å². The number of halogens is 1. The van der Waals surface area contributed by atoms with Crippen molar-refractivity contribution in [3.05, 3.63) is 56.4 Å². The molecule has 0 amide bonds. The first-order valence-electron chi connectivity index (χ1n) is 9.82. The highest BCUT2D eigenvalue weighted by Gasteiger charge is 2.33. The van der Waals surface area contributed by atoms with Crippen LogP contribution in [0.25, 0.3) is 21.9 Å². The third-order valence-electron chi connectivity index (χ3n) is 5.97. The van der Waals surface area contributed by atoms with E-state index in [2.05, 4.69) is 29.8 Å². The minimum Gasteiger partial charge on any atom is -0.288 e. The standard InChI is InChI=1S/C22H23ClN3OS/c1-24-20-15(13-14-7-9-16(10-8-14)25(2)23)11-12-26(20)21(27)19-17-5-3-4-6-18(17)28-22(19)24/h7-10,13H,3-6,11-12H2,1-2H3/q+1. The number of benzene rings is 1. The van der Waals surface area contributed by atoms with Gasteiger partial charge in [-0.25, -0.2) is 9.36 Å². The summed E-state index contributed by atoms with van der Waals surface area (Å²) in [6, 6.07) is 8.17. The zero-order valence-electron chi connectivity index (χ0n) is 16.2. The van der Waals surface area contributed by atoms with Crippen molar-refractivity contribution in [1.82, 2.24) is 4.57 Å². The quantitative estimate of drug-likeness (QED) is 0.464. The van der Waals surface area contributed by atoms with Gasteiger partial charge in [0.15, 0.2) is 4.83 Å². The van der Waals surface area contributed by atoms with E-state index in [9.17, 15) is 4.79 Å². The van der Waals surface area contributed by atoms with E-state index in [0.717, 1.165) is 53.1 Å². The Labute approximate surface area is 173 Å². The molecular weight excluding hydrogens is 390 g/mol. The summed E-state index contributed by atoms with van der Waals surface area (Å²) >= 11 is 7.83. The SMILES string of the molecule is CN(Cl)c1ccc(/C=C2\CCn3c2[n+](C)c2sc4c(c2c3=O)CCCC4)cc1. The first-order valence-corrected chi connectivity index (χ1v) is 11.0. The molecule has 28 heavy (non-hydrogen) atoms.